The van der Waals surface area contributed by atoms with E-state index in [0.29, 0.717) is 24.7 Å². The Labute approximate surface area is 176 Å². The SMILES string of the molecule is CCC1[C@@H](NC(=O)C(C)(F)F)CC(=O)N1c1ccc2c(cnn2-c2ccc(F)cc2)c1. The Morgan fingerprint density at radius 1 is 1.19 bits per heavy atom. The van der Waals surface area contributed by atoms with Gasteiger partial charge < -0.3 is 10.2 Å². The highest BCUT2D eigenvalue weighted by Crippen LogP contribution is 2.32. The third-order valence-electron chi connectivity index (χ3n) is 5.49. The lowest BCUT2D eigenvalue weighted by molar-refractivity contribution is -0.143. The third-order valence-corrected chi connectivity index (χ3v) is 5.49. The van der Waals surface area contributed by atoms with Crippen molar-refractivity contribution in [3.05, 3.63) is 54.5 Å². The maximum absolute atomic E-state index is 13.3. The number of carbonyl (C=O) groups is 2. The molecule has 0 aliphatic carbocycles. The molecular formula is C22H21F3N4O2. The van der Waals surface area contributed by atoms with E-state index in [1.165, 1.54) is 12.1 Å². The zero-order valence-corrected chi connectivity index (χ0v) is 17.0. The predicted octanol–water partition coefficient (Wildman–Crippen LogP) is 3.82. The standard InChI is InChI=1S/C22H21F3N4O2/c1-3-18-17(27-21(31)22(2,24)25)11-20(30)28(18)16-8-9-19-13(10-16)12-26-29(19)15-6-4-14(23)5-7-15/h4-10,12,17-18H,3,11H2,1-2H3,(H,27,31)/t17-,18?/m0/s1. The van der Waals surface area contributed by atoms with Crippen LogP contribution in [0.5, 0.6) is 0 Å². The van der Waals surface area contributed by atoms with Gasteiger partial charge in [-0.3, -0.25) is 9.59 Å². The average molecular weight is 430 g/mol. The quantitative estimate of drug-likeness (QED) is 0.669. The van der Waals surface area contributed by atoms with Crippen molar-refractivity contribution >= 4 is 28.4 Å². The fourth-order valence-electron chi connectivity index (χ4n) is 3.99. The third kappa shape index (κ3) is 3.87. The van der Waals surface area contributed by atoms with Gasteiger partial charge in [-0.25, -0.2) is 9.07 Å². The van der Waals surface area contributed by atoms with E-state index in [-0.39, 0.29) is 18.1 Å². The van der Waals surface area contributed by atoms with E-state index in [4.69, 9.17) is 0 Å². The van der Waals surface area contributed by atoms with Crippen LogP contribution >= 0.6 is 0 Å². The zero-order valence-electron chi connectivity index (χ0n) is 17.0. The molecule has 2 atom stereocenters. The molecule has 2 aromatic carbocycles. The van der Waals surface area contributed by atoms with E-state index >= 15 is 0 Å². The number of nitrogens with one attached hydrogen (secondary N) is 1. The van der Waals surface area contributed by atoms with E-state index in [9.17, 15) is 22.8 Å². The maximum atomic E-state index is 13.3. The van der Waals surface area contributed by atoms with E-state index in [1.54, 1.807) is 46.1 Å². The van der Waals surface area contributed by atoms with Crippen molar-refractivity contribution in [3.63, 3.8) is 0 Å². The van der Waals surface area contributed by atoms with E-state index in [0.717, 1.165) is 10.9 Å². The Balaban J connectivity index is 1.64. The Kier molecular flexibility index (Phi) is 5.20. The van der Waals surface area contributed by atoms with Gasteiger partial charge in [-0.05, 0) is 48.9 Å². The van der Waals surface area contributed by atoms with Crippen LogP contribution in [0.25, 0.3) is 16.6 Å². The molecule has 0 saturated carbocycles. The Hall–Kier alpha value is -3.36. The number of halogens is 3. The first-order chi connectivity index (χ1) is 14.7. The summed E-state index contributed by atoms with van der Waals surface area (Å²) in [7, 11) is 0. The highest BCUT2D eigenvalue weighted by molar-refractivity contribution is 6.00. The Bertz CT molecular complexity index is 1140. The second-order valence-corrected chi connectivity index (χ2v) is 7.69. The number of carbonyl (C=O) groups excluding carboxylic acids is 2. The summed E-state index contributed by atoms with van der Waals surface area (Å²) < 4.78 is 41.5. The monoisotopic (exact) mass is 430 g/mol. The zero-order chi connectivity index (χ0) is 22.3. The number of benzene rings is 2. The molecule has 4 rings (SSSR count). The molecule has 0 radical (unpaired) electrons. The smallest absolute Gasteiger partial charge is 0.321 e. The molecule has 1 saturated heterocycles. The van der Waals surface area contributed by atoms with Gasteiger partial charge in [0.15, 0.2) is 0 Å². The number of aromatic nitrogens is 2. The van der Waals surface area contributed by atoms with Gasteiger partial charge in [0.2, 0.25) is 5.91 Å². The number of rotatable bonds is 5. The Morgan fingerprint density at radius 2 is 1.87 bits per heavy atom. The van der Waals surface area contributed by atoms with Gasteiger partial charge in [-0.15, -0.1) is 0 Å². The number of nitrogens with zero attached hydrogens (tertiary/aromatic N) is 3. The molecule has 31 heavy (non-hydrogen) atoms. The van der Waals surface area contributed by atoms with E-state index in [1.807, 2.05) is 6.92 Å². The molecule has 1 N–H and O–H groups in total. The van der Waals surface area contributed by atoms with Crippen LogP contribution in [0.15, 0.2) is 48.7 Å². The minimum absolute atomic E-state index is 0.0484. The molecule has 2 amide bonds. The summed E-state index contributed by atoms with van der Waals surface area (Å²) in [6.07, 6.45) is 2.08. The summed E-state index contributed by atoms with van der Waals surface area (Å²) in [5.74, 6) is -5.49. The fourth-order valence-corrected chi connectivity index (χ4v) is 3.99. The minimum Gasteiger partial charge on any atom is -0.346 e. The summed E-state index contributed by atoms with van der Waals surface area (Å²) in [6, 6.07) is 10.1. The molecule has 0 spiro atoms. The first-order valence-electron chi connectivity index (χ1n) is 9.93. The van der Waals surface area contributed by atoms with Gasteiger partial charge in [0.05, 0.1) is 29.5 Å². The molecule has 3 aromatic rings. The summed E-state index contributed by atoms with van der Waals surface area (Å²) in [5, 5.41) is 7.43. The van der Waals surface area contributed by atoms with Crippen molar-refractivity contribution in [2.75, 3.05) is 4.90 Å². The van der Waals surface area contributed by atoms with Gasteiger partial charge in [-0.2, -0.15) is 13.9 Å². The van der Waals surface area contributed by atoms with Crippen LogP contribution in [-0.2, 0) is 9.59 Å². The van der Waals surface area contributed by atoms with Crippen molar-refractivity contribution in [1.82, 2.24) is 15.1 Å². The van der Waals surface area contributed by atoms with Crippen LogP contribution in [0.1, 0.15) is 26.7 Å². The topological polar surface area (TPSA) is 67.2 Å². The van der Waals surface area contributed by atoms with Crippen molar-refractivity contribution in [1.29, 1.82) is 0 Å². The number of anilines is 1. The molecule has 6 nitrogen and oxygen atoms in total. The van der Waals surface area contributed by atoms with Crippen molar-refractivity contribution in [2.24, 2.45) is 0 Å². The minimum atomic E-state index is -3.51. The molecule has 1 unspecified atom stereocenters. The highest BCUT2D eigenvalue weighted by Gasteiger charge is 2.43. The van der Waals surface area contributed by atoms with Crippen LogP contribution < -0.4 is 10.2 Å². The normalized spacial score (nSPS) is 19.3. The van der Waals surface area contributed by atoms with Crippen LogP contribution in [0.3, 0.4) is 0 Å². The summed E-state index contributed by atoms with van der Waals surface area (Å²) in [4.78, 5) is 26.0. The molecule has 1 fully saturated rings. The summed E-state index contributed by atoms with van der Waals surface area (Å²) in [5.41, 5.74) is 2.06. The van der Waals surface area contributed by atoms with Gasteiger partial charge in [0.1, 0.15) is 5.82 Å². The van der Waals surface area contributed by atoms with Gasteiger partial charge in [0, 0.05) is 24.4 Å². The molecule has 162 valence electrons. The highest BCUT2D eigenvalue weighted by atomic mass is 19.3. The van der Waals surface area contributed by atoms with Gasteiger partial charge in [-0.1, -0.05) is 6.92 Å². The van der Waals surface area contributed by atoms with E-state index in [2.05, 4.69) is 10.4 Å². The number of alkyl halides is 2. The Morgan fingerprint density at radius 3 is 2.52 bits per heavy atom. The second-order valence-electron chi connectivity index (χ2n) is 7.69. The van der Waals surface area contributed by atoms with Crippen LogP contribution in [-0.4, -0.2) is 39.6 Å². The maximum Gasteiger partial charge on any atom is 0.321 e. The van der Waals surface area contributed by atoms with Gasteiger partial charge in [0.25, 0.3) is 5.91 Å². The lowest BCUT2D eigenvalue weighted by Gasteiger charge is -2.28. The molecule has 9 heteroatoms. The first kappa shape index (κ1) is 20.9. The van der Waals surface area contributed by atoms with Crippen molar-refractivity contribution in [3.8, 4) is 5.69 Å². The molecule has 1 aliphatic heterocycles. The second kappa shape index (κ2) is 7.72. The number of hydrogen-bond acceptors (Lipinski definition) is 3. The van der Waals surface area contributed by atoms with Crippen LogP contribution in [0.4, 0.5) is 18.9 Å². The largest absolute Gasteiger partial charge is 0.346 e. The molecule has 1 aliphatic rings. The summed E-state index contributed by atoms with van der Waals surface area (Å²) >= 11 is 0. The van der Waals surface area contributed by atoms with Crippen LogP contribution in [0, 0.1) is 5.82 Å². The predicted molar refractivity (Wildman–Crippen MR) is 110 cm³/mol. The average Bonchev–Trinajstić information content (AvgIpc) is 3.27. The lowest BCUT2D eigenvalue weighted by atomic mass is 10.1. The van der Waals surface area contributed by atoms with Crippen LogP contribution in [0.2, 0.25) is 0 Å². The lowest BCUT2D eigenvalue weighted by Crippen LogP contribution is -2.49. The summed E-state index contributed by atoms with van der Waals surface area (Å²) in [6.45, 7) is 2.37. The fraction of sp³-hybridized carbons (Fsp3) is 0.318. The first-order valence-corrected chi connectivity index (χ1v) is 9.93. The number of hydrogen-bond donors (Lipinski definition) is 1. The molecule has 1 aromatic heterocycles. The molecule has 0 bridgehead atoms. The van der Waals surface area contributed by atoms with E-state index < -0.39 is 23.9 Å². The molecular weight excluding hydrogens is 409 g/mol. The molecule has 2 heterocycles. The van der Waals surface area contributed by atoms with Crippen molar-refractivity contribution < 1.29 is 22.8 Å². The van der Waals surface area contributed by atoms with Gasteiger partial charge >= 0.3 is 5.92 Å². The van der Waals surface area contributed by atoms with Crippen molar-refractivity contribution in [2.45, 2.75) is 44.7 Å². The number of amides is 2. The number of fused-ring (bicyclic) bond motifs is 1.